The summed E-state index contributed by atoms with van der Waals surface area (Å²) in [4.78, 5) is 72.6. The van der Waals surface area contributed by atoms with Gasteiger partial charge in [0.25, 0.3) is 0 Å². The van der Waals surface area contributed by atoms with Gasteiger partial charge < -0.3 is 33.8 Å². The highest BCUT2D eigenvalue weighted by Crippen LogP contribution is 2.45. The Labute approximate surface area is 549 Å². The minimum atomic E-state index is -4.95. The van der Waals surface area contributed by atoms with Crippen molar-refractivity contribution < 1.29 is 80.2 Å². The van der Waals surface area contributed by atoms with Gasteiger partial charge in [-0.05, 0) is 49.4 Å². The van der Waals surface area contributed by atoms with Crippen molar-refractivity contribution in [3.63, 3.8) is 0 Å². The molecule has 3 N–H and O–H groups in total. The van der Waals surface area contributed by atoms with Gasteiger partial charge in [0.2, 0.25) is 0 Å². The summed E-state index contributed by atoms with van der Waals surface area (Å²) in [5.41, 5.74) is 0. The number of carbonyl (C=O) groups is 4. The van der Waals surface area contributed by atoms with E-state index in [4.69, 9.17) is 37.0 Å². The molecule has 0 saturated heterocycles. The Kier molecular flexibility index (Phi) is 59.4. The molecule has 0 aliphatic carbocycles. The minimum absolute atomic E-state index is 0.104. The standard InChI is InChI=1S/C71H138O17P2/c1-9-62(6)48-40-32-24-16-12-14-18-27-35-43-51-68(73)81-57-66(87-70(75)53-45-37-28-19-15-13-17-25-33-41-49-63(7)10-2)59-85-89(77,78)83-55-65(72)56-84-90(79,80)86-60-67(58-82-69(74)52-44-36-30-22-23-31-39-47-61(4)5)88-71(76)54-46-38-29-21-20-26-34-42-50-64(8)11-3/h61-67,72H,9-60H2,1-8H3,(H,77,78)(H,79,80)/t62?,63?,64?,65?,66-,67-/m1/s1. The molecular formula is C71H138O17P2. The summed E-state index contributed by atoms with van der Waals surface area (Å²) in [6, 6.07) is 0. The maximum absolute atomic E-state index is 13.0. The van der Waals surface area contributed by atoms with Crippen LogP contribution < -0.4 is 0 Å². The molecule has 0 saturated carbocycles. The van der Waals surface area contributed by atoms with Crippen molar-refractivity contribution >= 4 is 39.5 Å². The van der Waals surface area contributed by atoms with Crippen LogP contribution in [0.5, 0.6) is 0 Å². The van der Waals surface area contributed by atoms with Gasteiger partial charge in [-0.15, -0.1) is 0 Å². The lowest BCUT2D eigenvalue weighted by Gasteiger charge is -2.21. The average Bonchev–Trinajstić information content (AvgIpc) is 3.64. The Hall–Kier alpha value is -1.94. The maximum Gasteiger partial charge on any atom is 0.472 e. The molecule has 0 aliphatic rings. The zero-order valence-corrected chi connectivity index (χ0v) is 60.6. The summed E-state index contributed by atoms with van der Waals surface area (Å²) in [6.07, 6.45) is 42.9. The minimum Gasteiger partial charge on any atom is -0.462 e. The quantitative estimate of drug-likeness (QED) is 0.0222. The highest BCUT2D eigenvalue weighted by Gasteiger charge is 2.30. The fraction of sp³-hybridized carbons (Fsp3) is 0.944. The van der Waals surface area contributed by atoms with Crippen LogP contribution in [-0.4, -0.2) is 96.7 Å². The predicted molar refractivity (Wildman–Crippen MR) is 363 cm³/mol. The molecular weight excluding hydrogens is 1190 g/mol. The van der Waals surface area contributed by atoms with Crippen molar-refractivity contribution in [2.45, 2.75) is 369 Å². The SMILES string of the molecule is CCC(C)CCCCCCCCCCCCC(=O)OC[C@H](COP(=O)(O)OCC(O)COP(=O)(O)OC[C@@H](COC(=O)CCCCCCCCCC(C)C)OC(=O)CCCCCCCCCCC(C)CC)OC(=O)CCCCCCCCCCCCC(C)CC. The second-order valence-electron chi connectivity index (χ2n) is 26.8. The van der Waals surface area contributed by atoms with Crippen LogP contribution >= 0.6 is 15.6 Å². The van der Waals surface area contributed by atoms with E-state index in [2.05, 4.69) is 55.4 Å². The molecule has 0 aromatic rings. The highest BCUT2D eigenvalue weighted by atomic mass is 31.2. The van der Waals surface area contributed by atoms with E-state index < -0.39 is 97.5 Å². The van der Waals surface area contributed by atoms with Gasteiger partial charge in [0, 0.05) is 25.7 Å². The summed E-state index contributed by atoms with van der Waals surface area (Å²) in [5.74, 6) is 0.958. The Morgan fingerprint density at radius 3 is 0.789 bits per heavy atom. The molecule has 17 nitrogen and oxygen atoms in total. The molecule has 6 unspecified atom stereocenters. The molecule has 0 aromatic carbocycles. The number of hydrogen-bond donors (Lipinski definition) is 3. The number of esters is 4. The lowest BCUT2D eigenvalue weighted by atomic mass is 9.99. The summed E-state index contributed by atoms with van der Waals surface area (Å²) in [6.45, 7) is 14.2. The van der Waals surface area contributed by atoms with E-state index in [0.29, 0.717) is 31.6 Å². The molecule has 0 rings (SSSR count). The van der Waals surface area contributed by atoms with Crippen molar-refractivity contribution in [3.8, 4) is 0 Å². The van der Waals surface area contributed by atoms with Crippen molar-refractivity contribution in [3.05, 3.63) is 0 Å². The first-order valence-corrected chi connectivity index (χ1v) is 39.8. The van der Waals surface area contributed by atoms with Crippen LogP contribution in [0, 0.1) is 23.7 Å². The molecule has 19 heteroatoms. The van der Waals surface area contributed by atoms with Crippen molar-refractivity contribution in [1.29, 1.82) is 0 Å². The molecule has 534 valence electrons. The fourth-order valence-electron chi connectivity index (χ4n) is 10.6. The molecule has 0 fully saturated rings. The van der Waals surface area contributed by atoms with E-state index in [0.717, 1.165) is 114 Å². The van der Waals surface area contributed by atoms with Gasteiger partial charge >= 0.3 is 39.5 Å². The van der Waals surface area contributed by atoms with Gasteiger partial charge in [0.15, 0.2) is 12.2 Å². The van der Waals surface area contributed by atoms with Crippen LogP contribution in [0.25, 0.3) is 0 Å². The largest absolute Gasteiger partial charge is 0.472 e. The normalized spacial score (nSPS) is 15.2. The van der Waals surface area contributed by atoms with E-state index in [-0.39, 0.29) is 25.7 Å². The third-order valence-electron chi connectivity index (χ3n) is 17.4. The molecule has 0 aliphatic heterocycles. The first kappa shape index (κ1) is 88.1. The number of carbonyl (C=O) groups excluding carboxylic acids is 4. The number of hydrogen-bond acceptors (Lipinski definition) is 15. The second-order valence-corrected chi connectivity index (χ2v) is 29.7. The van der Waals surface area contributed by atoms with Crippen molar-refractivity contribution in [2.75, 3.05) is 39.6 Å². The summed E-state index contributed by atoms with van der Waals surface area (Å²) < 4.78 is 68.3. The summed E-state index contributed by atoms with van der Waals surface area (Å²) >= 11 is 0. The zero-order valence-electron chi connectivity index (χ0n) is 58.8. The number of phosphoric acid groups is 2. The first-order chi connectivity index (χ1) is 43.2. The zero-order chi connectivity index (χ0) is 66.8. The van der Waals surface area contributed by atoms with Crippen LogP contribution in [-0.2, 0) is 65.4 Å². The third-order valence-corrected chi connectivity index (χ3v) is 19.3. The van der Waals surface area contributed by atoms with Crippen LogP contribution in [0.15, 0.2) is 0 Å². The first-order valence-electron chi connectivity index (χ1n) is 36.8. The smallest absolute Gasteiger partial charge is 0.462 e. The highest BCUT2D eigenvalue weighted by molar-refractivity contribution is 7.47. The lowest BCUT2D eigenvalue weighted by Crippen LogP contribution is -2.30. The molecule has 0 amide bonds. The molecule has 0 spiro atoms. The Morgan fingerprint density at radius 1 is 0.311 bits per heavy atom. The second kappa shape index (κ2) is 60.7. The molecule has 0 radical (unpaired) electrons. The van der Waals surface area contributed by atoms with E-state index in [1.54, 1.807) is 0 Å². The number of aliphatic hydroxyl groups is 1. The number of rotatable bonds is 68. The molecule has 0 bridgehead atoms. The number of unbranched alkanes of at least 4 members (excludes halogenated alkanes) is 31. The van der Waals surface area contributed by atoms with E-state index >= 15 is 0 Å². The van der Waals surface area contributed by atoms with Crippen LogP contribution in [0.3, 0.4) is 0 Å². The van der Waals surface area contributed by atoms with Gasteiger partial charge in [0.1, 0.15) is 19.3 Å². The van der Waals surface area contributed by atoms with Gasteiger partial charge in [0.05, 0.1) is 26.4 Å². The maximum atomic E-state index is 13.0. The Morgan fingerprint density at radius 2 is 0.533 bits per heavy atom. The van der Waals surface area contributed by atoms with Gasteiger partial charge in [-0.1, -0.05) is 299 Å². The van der Waals surface area contributed by atoms with E-state index in [9.17, 15) is 43.2 Å². The fourth-order valence-corrected chi connectivity index (χ4v) is 12.1. The van der Waals surface area contributed by atoms with E-state index in [1.807, 2.05) is 0 Å². The molecule has 90 heavy (non-hydrogen) atoms. The Balaban J connectivity index is 5.28. The van der Waals surface area contributed by atoms with Crippen LogP contribution in [0.2, 0.25) is 0 Å². The predicted octanol–water partition coefficient (Wildman–Crippen LogP) is 20.1. The van der Waals surface area contributed by atoms with Gasteiger partial charge in [-0.2, -0.15) is 0 Å². The van der Waals surface area contributed by atoms with Crippen LogP contribution in [0.1, 0.15) is 351 Å². The summed E-state index contributed by atoms with van der Waals surface area (Å²) in [7, 11) is -9.91. The lowest BCUT2D eigenvalue weighted by molar-refractivity contribution is -0.161. The third kappa shape index (κ3) is 61.0. The monoisotopic (exact) mass is 1320 g/mol. The average molecular weight is 1330 g/mol. The van der Waals surface area contributed by atoms with Crippen molar-refractivity contribution in [2.24, 2.45) is 23.7 Å². The molecule has 8 atom stereocenters. The molecule has 0 aromatic heterocycles. The number of phosphoric ester groups is 2. The Bertz CT molecular complexity index is 1790. The van der Waals surface area contributed by atoms with E-state index in [1.165, 1.54) is 148 Å². The van der Waals surface area contributed by atoms with Crippen molar-refractivity contribution in [1.82, 2.24) is 0 Å². The number of aliphatic hydroxyl groups excluding tert-OH is 1. The van der Waals surface area contributed by atoms with Gasteiger partial charge in [-0.25, -0.2) is 9.13 Å². The topological polar surface area (TPSA) is 237 Å². The van der Waals surface area contributed by atoms with Crippen LogP contribution in [0.4, 0.5) is 0 Å². The molecule has 0 heterocycles. The number of ether oxygens (including phenoxy) is 4. The van der Waals surface area contributed by atoms with Gasteiger partial charge in [-0.3, -0.25) is 37.3 Å². The summed E-state index contributed by atoms with van der Waals surface area (Å²) in [5, 5.41) is 10.6.